The molecular formula is C16H26N4O2S. The second kappa shape index (κ2) is 8.39. The van der Waals surface area contributed by atoms with E-state index in [-0.39, 0.29) is 12.1 Å². The van der Waals surface area contributed by atoms with Crippen LogP contribution in [0.25, 0.3) is 0 Å². The molecule has 0 aliphatic carbocycles. The van der Waals surface area contributed by atoms with Crippen molar-refractivity contribution in [3.63, 3.8) is 0 Å². The fraction of sp³-hybridized carbons (Fsp3) is 0.750. The van der Waals surface area contributed by atoms with E-state index in [9.17, 15) is 5.11 Å². The van der Waals surface area contributed by atoms with Crippen LogP contribution in [-0.2, 0) is 11.3 Å². The first kappa shape index (κ1) is 17.1. The molecule has 3 rings (SSSR count). The summed E-state index contributed by atoms with van der Waals surface area (Å²) in [6.45, 7) is 8.07. The summed E-state index contributed by atoms with van der Waals surface area (Å²) >= 11 is 1.65. The van der Waals surface area contributed by atoms with Crippen LogP contribution in [0, 0.1) is 0 Å². The molecule has 23 heavy (non-hydrogen) atoms. The number of rotatable bonds is 5. The van der Waals surface area contributed by atoms with E-state index in [1.807, 2.05) is 12.4 Å². The Morgan fingerprint density at radius 2 is 2.00 bits per heavy atom. The van der Waals surface area contributed by atoms with Crippen molar-refractivity contribution in [2.24, 2.45) is 0 Å². The Hall–Kier alpha value is -0.730. The highest BCUT2D eigenvalue weighted by Gasteiger charge is 2.32. The molecule has 0 saturated carbocycles. The minimum Gasteiger partial charge on any atom is -0.390 e. The summed E-state index contributed by atoms with van der Waals surface area (Å²) < 4.78 is 5.40. The maximum absolute atomic E-state index is 10.5. The van der Waals surface area contributed by atoms with Gasteiger partial charge in [-0.2, -0.15) is 0 Å². The van der Waals surface area contributed by atoms with Crippen molar-refractivity contribution in [3.05, 3.63) is 18.0 Å². The van der Waals surface area contributed by atoms with Gasteiger partial charge >= 0.3 is 0 Å². The first-order valence-corrected chi connectivity index (χ1v) is 9.40. The molecule has 0 bridgehead atoms. The van der Waals surface area contributed by atoms with E-state index in [1.165, 1.54) is 0 Å². The molecule has 0 unspecified atom stereocenters. The summed E-state index contributed by atoms with van der Waals surface area (Å²) in [5.74, 6) is 0.987. The number of aliphatic hydroxyl groups is 1. The molecule has 2 saturated heterocycles. The Labute approximate surface area is 142 Å². The van der Waals surface area contributed by atoms with Crippen molar-refractivity contribution >= 4 is 11.8 Å². The molecule has 0 aromatic carbocycles. The third-order valence-electron chi connectivity index (χ3n) is 4.51. The maximum Gasteiger partial charge on any atom is 0.187 e. The Kier molecular flexibility index (Phi) is 6.24. The third-order valence-corrected chi connectivity index (χ3v) is 5.26. The van der Waals surface area contributed by atoms with E-state index < -0.39 is 0 Å². The fourth-order valence-corrected chi connectivity index (χ4v) is 3.86. The standard InChI is InChI=1S/C16H26N4O2S/c1-2-23-16-17-9-13(10-18-16)11-19-4-3-14(15(21)12-19)20-5-7-22-8-6-20/h9-10,14-15,21H,2-8,11-12H2,1H3/t14-,15-/m1/s1. The fourth-order valence-electron chi connectivity index (χ4n) is 3.35. The molecule has 6 nitrogen and oxygen atoms in total. The van der Waals surface area contributed by atoms with Gasteiger partial charge in [0.2, 0.25) is 0 Å². The monoisotopic (exact) mass is 338 g/mol. The molecule has 1 aromatic heterocycles. The zero-order valence-electron chi connectivity index (χ0n) is 13.7. The van der Waals surface area contributed by atoms with Crippen LogP contribution in [0.3, 0.4) is 0 Å². The molecule has 128 valence electrons. The molecule has 2 atom stereocenters. The van der Waals surface area contributed by atoms with Crippen LogP contribution in [0.2, 0.25) is 0 Å². The highest BCUT2D eigenvalue weighted by molar-refractivity contribution is 7.99. The van der Waals surface area contributed by atoms with E-state index in [0.717, 1.165) is 62.3 Å². The van der Waals surface area contributed by atoms with Gasteiger partial charge in [0.1, 0.15) is 0 Å². The van der Waals surface area contributed by atoms with Gasteiger partial charge in [0, 0.05) is 56.7 Å². The summed E-state index contributed by atoms with van der Waals surface area (Å²) in [5, 5.41) is 11.4. The van der Waals surface area contributed by atoms with Crippen molar-refractivity contribution in [2.45, 2.75) is 37.2 Å². The van der Waals surface area contributed by atoms with Gasteiger partial charge in [-0.15, -0.1) is 0 Å². The second-order valence-electron chi connectivity index (χ2n) is 6.11. The van der Waals surface area contributed by atoms with Crippen LogP contribution in [0.5, 0.6) is 0 Å². The van der Waals surface area contributed by atoms with Gasteiger partial charge in [0.05, 0.1) is 19.3 Å². The average Bonchev–Trinajstić information content (AvgIpc) is 2.58. The lowest BCUT2D eigenvalue weighted by Gasteiger charge is -2.43. The van der Waals surface area contributed by atoms with E-state index in [0.29, 0.717) is 6.54 Å². The minimum atomic E-state index is -0.294. The molecule has 3 heterocycles. The van der Waals surface area contributed by atoms with E-state index in [4.69, 9.17) is 4.74 Å². The number of ether oxygens (including phenoxy) is 1. The summed E-state index contributed by atoms with van der Waals surface area (Å²) in [5.41, 5.74) is 1.11. The lowest BCUT2D eigenvalue weighted by atomic mass is 9.99. The van der Waals surface area contributed by atoms with Crippen molar-refractivity contribution in [3.8, 4) is 0 Å². The first-order chi connectivity index (χ1) is 11.3. The number of hydrogen-bond donors (Lipinski definition) is 1. The van der Waals surface area contributed by atoms with Gasteiger partial charge in [-0.05, 0) is 12.2 Å². The predicted molar refractivity (Wildman–Crippen MR) is 90.5 cm³/mol. The van der Waals surface area contributed by atoms with E-state index in [1.54, 1.807) is 11.8 Å². The first-order valence-electron chi connectivity index (χ1n) is 8.42. The van der Waals surface area contributed by atoms with Crippen LogP contribution in [-0.4, -0.2) is 82.2 Å². The average molecular weight is 338 g/mol. The van der Waals surface area contributed by atoms with Gasteiger partial charge in [-0.25, -0.2) is 9.97 Å². The smallest absolute Gasteiger partial charge is 0.187 e. The number of aromatic nitrogens is 2. The normalized spacial score (nSPS) is 27.2. The zero-order chi connectivity index (χ0) is 16.1. The predicted octanol–water partition coefficient (Wildman–Crippen LogP) is 0.856. The van der Waals surface area contributed by atoms with Crippen LogP contribution >= 0.6 is 11.8 Å². The molecule has 0 radical (unpaired) electrons. The molecule has 0 spiro atoms. The molecule has 0 amide bonds. The number of nitrogens with zero attached hydrogens (tertiary/aromatic N) is 4. The SMILES string of the molecule is CCSc1ncc(CN2CC[C@@H](N3CCOCC3)[C@H](O)C2)cn1. The van der Waals surface area contributed by atoms with Crippen molar-refractivity contribution in [1.29, 1.82) is 0 Å². The Morgan fingerprint density at radius 3 is 2.65 bits per heavy atom. The van der Waals surface area contributed by atoms with Gasteiger partial charge in [0.15, 0.2) is 5.16 Å². The Balaban J connectivity index is 1.51. The van der Waals surface area contributed by atoms with E-state index in [2.05, 4.69) is 26.7 Å². The van der Waals surface area contributed by atoms with Gasteiger partial charge < -0.3 is 9.84 Å². The van der Waals surface area contributed by atoms with Crippen LogP contribution < -0.4 is 0 Å². The molecule has 2 fully saturated rings. The molecule has 1 N–H and O–H groups in total. The largest absolute Gasteiger partial charge is 0.390 e. The number of hydrogen-bond acceptors (Lipinski definition) is 7. The highest BCUT2D eigenvalue weighted by atomic mass is 32.2. The molecule has 2 aliphatic rings. The Morgan fingerprint density at radius 1 is 1.26 bits per heavy atom. The lowest BCUT2D eigenvalue weighted by Crippen LogP contribution is -2.56. The molecule has 2 aliphatic heterocycles. The van der Waals surface area contributed by atoms with Crippen LogP contribution in [0.4, 0.5) is 0 Å². The van der Waals surface area contributed by atoms with Crippen molar-refractivity contribution < 1.29 is 9.84 Å². The van der Waals surface area contributed by atoms with Crippen LogP contribution in [0.1, 0.15) is 18.9 Å². The van der Waals surface area contributed by atoms with Gasteiger partial charge in [-0.3, -0.25) is 9.80 Å². The number of piperidine rings is 1. The third kappa shape index (κ3) is 4.64. The van der Waals surface area contributed by atoms with Crippen LogP contribution in [0.15, 0.2) is 17.6 Å². The zero-order valence-corrected chi connectivity index (χ0v) is 14.5. The number of morpholine rings is 1. The number of aliphatic hydroxyl groups excluding tert-OH is 1. The summed E-state index contributed by atoms with van der Waals surface area (Å²) in [7, 11) is 0. The molecule has 1 aromatic rings. The minimum absolute atomic E-state index is 0.273. The quantitative estimate of drug-likeness (QED) is 0.631. The number of thioether (sulfide) groups is 1. The van der Waals surface area contributed by atoms with Gasteiger partial charge in [0.25, 0.3) is 0 Å². The van der Waals surface area contributed by atoms with Crippen molar-refractivity contribution in [2.75, 3.05) is 45.1 Å². The maximum atomic E-state index is 10.5. The summed E-state index contributed by atoms with van der Waals surface area (Å²) in [4.78, 5) is 13.4. The number of β-amino-alcohol motifs (C(OH)–C–C–N with tert-alkyl or cyclic N) is 1. The summed E-state index contributed by atoms with van der Waals surface area (Å²) in [6.07, 6.45) is 4.53. The molecular weight excluding hydrogens is 312 g/mol. The number of likely N-dealkylation sites (tertiary alicyclic amines) is 1. The van der Waals surface area contributed by atoms with E-state index >= 15 is 0 Å². The summed E-state index contributed by atoms with van der Waals surface area (Å²) in [6, 6.07) is 0.273. The topological polar surface area (TPSA) is 61.7 Å². The Bertz CT molecular complexity index is 481. The lowest BCUT2D eigenvalue weighted by molar-refractivity contribution is -0.0534. The van der Waals surface area contributed by atoms with Crippen molar-refractivity contribution in [1.82, 2.24) is 19.8 Å². The van der Waals surface area contributed by atoms with Gasteiger partial charge in [-0.1, -0.05) is 18.7 Å². The highest BCUT2D eigenvalue weighted by Crippen LogP contribution is 2.20. The molecule has 7 heteroatoms. The second-order valence-corrected chi connectivity index (χ2v) is 7.34.